The fraction of sp³-hybridized carbons (Fsp3) is 0. The van der Waals surface area contributed by atoms with E-state index in [1.165, 1.54) is 12.1 Å². The van der Waals surface area contributed by atoms with Gasteiger partial charge in [-0.05, 0) is 41.1 Å². The van der Waals surface area contributed by atoms with Crippen LogP contribution in [0, 0.1) is 5.82 Å². The second kappa shape index (κ2) is 9.31. The van der Waals surface area contributed by atoms with E-state index in [1.807, 2.05) is 84.9 Å². The summed E-state index contributed by atoms with van der Waals surface area (Å²) >= 11 is 0. The lowest BCUT2D eigenvalue weighted by molar-refractivity contribution is 0.592. The lowest BCUT2D eigenvalue weighted by atomic mass is 9.95. The van der Waals surface area contributed by atoms with Crippen LogP contribution in [0.5, 0.6) is 0 Å². The molecule has 0 aliphatic heterocycles. The highest BCUT2D eigenvalue weighted by atomic mass is 31.2. The molecule has 0 saturated carbocycles. The topological polar surface area (TPSA) is 30.0 Å². The van der Waals surface area contributed by atoms with Gasteiger partial charge in [-0.25, -0.2) is 9.37 Å². The summed E-state index contributed by atoms with van der Waals surface area (Å²) in [6, 6.07) is 44.3. The lowest BCUT2D eigenvalue weighted by Crippen LogP contribution is -2.25. The third-order valence-electron chi connectivity index (χ3n) is 7.39. The molecule has 0 aliphatic rings. The number of fused-ring (bicyclic) bond motifs is 5. The van der Waals surface area contributed by atoms with E-state index in [0.29, 0.717) is 0 Å². The van der Waals surface area contributed by atoms with Crippen molar-refractivity contribution in [2.24, 2.45) is 0 Å². The standard InChI is InChI=1S/C35H23FNOP/c36-26-18-15-25(16-19-26)35-32-21-17-24-9-7-8-14-30(24)34(32)31-22-20-29(23-33(31)37-35)39(38,27-10-3-1-4-11-27)28-12-5-2-6-13-28/h1-23H. The molecule has 186 valence electrons. The van der Waals surface area contributed by atoms with E-state index in [2.05, 4.69) is 30.3 Å². The van der Waals surface area contributed by atoms with Crippen molar-refractivity contribution in [3.8, 4) is 11.3 Å². The van der Waals surface area contributed by atoms with Crippen molar-refractivity contribution in [3.63, 3.8) is 0 Å². The Morgan fingerprint density at radius 3 is 1.85 bits per heavy atom. The third-order valence-corrected chi connectivity index (χ3v) is 10.4. The second-order valence-corrected chi connectivity index (χ2v) is 12.4. The van der Waals surface area contributed by atoms with Crippen molar-refractivity contribution in [2.75, 3.05) is 0 Å². The molecule has 0 radical (unpaired) electrons. The average Bonchev–Trinajstić information content (AvgIpc) is 3.01. The zero-order chi connectivity index (χ0) is 26.4. The Morgan fingerprint density at radius 2 is 1.15 bits per heavy atom. The molecule has 2 nitrogen and oxygen atoms in total. The fourth-order valence-corrected chi connectivity index (χ4v) is 8.18. The maximum atomic E-state index is 15.1. The van der Waals surface area contributed by atoms with E-state index < -0.39 is 7.14 Å². The molecule has 1 heterocycles. The van der Waals surface area contributed by atoms with Gasteiger partial charge >= 0.3 is 0 Å². The minimum Gasteiger partial charge on any atom is -0.309 e. The predicted octanol–water partition coefficient (Wildman–Crippen LogP) is 7.99. The Hall–Kier alpha value is -4.59. The maximum absolute atomic E-state index is 15.1. The lowest BCUT2D eigenvalue weighted by Gasteiger charge is -2.21. The third kappa shape index (κ3) is 3.86. The van der Waals surface area contributed by atoms with Crippen LogP contribution in [0.3, 0.4) is 0 Å². The van der Waals surface area contributed by atoms with Crippen LogP contribution in [0.1, 0.15) is 0 Å². The SMILES string of the molecule is O=P(c1ccccc1)(c1ccccc1)c1ccc2c(c1)nc(-c1ccc(F)cc1)c1ccc3ccccc3c12. The minimum atomic E-state index is -3.17. The van der Waals surface area contributed by atoms with Crippen molar-refractivity contribution < 1.29 is 8.96 Å². The van der Waals surface area contributed by atoms with E-state index in [9.17, 15) is 4.39 Å². The molecule has 0 aliphatic carbocycles. The van der Waals surface area contributed by atoms with Crippen LogP contribution < -0.4 is 15.9 Å². The highest BCUT2D eigenvalue weighted by Gasteiger charge is 2.30. The Bertz CT molecular complexity index is 1990. The zero-order valence-electron chi connectivity index (χ0n) is 21.0. The normalized spacial score (nSPS) is 11.8. The minimum absolute atomic E-state index is 0.289. The molecule has 39 heavy (non-hydrogen) atoms. The van der Waals surface area contributed by atoms with Gasteiger partial charge in [-0.1, -0.05) is 109 Å². The van der Waals surface area contributed by atoms with Crippen LogP contribution in [0.25, 0.3) is 43.7 Å². The Kier molecular flexibility index (Phi) is 5.61. The van der Waals surface area contributed by atoms with Crippen LogP contribution in [0.2, 0.25) is 0 Å². The van der Waals surface area contributed by atoms with Gasteiger partial charge in [0.25, 0.3) is 0 Å². The monoisotopic (exact) mass is 523 g/mol. The molecule has 0 saturated heterocycles. The van der Waals surface area contributed by atoms with Gasteiger partial charge in [0.15, 0.2) is 7.14 Å². The van der Waals surface area contributed by atoms with E-state index in [4.69, 9.17) is 4.98 Å². The number of halogens is 1. The summed E-state index contributed by atoms with van der Waals surface area (Å²) in [7, 11) is -3.17. The number of aromatic nitrogens is 1. The Morgan fingerprint density at radius 1 is 0.538 bits per heavy atom. The molecule has 7 rings (SSSR count). The van der Waals surface area contributed by atoms with Crippen LogP contribution in [-0.2, 0) is 4.57 Å². The van der Waals surface area contributed by atoms with Crippen LogP contribution >= 0.6 is 7.14 Å². The van der Waals surface area contributed by atoms with Gasteiger partial charge in [0.1, 0.15) is 5.82 Å². The van der Waals surface area contributed by atoms with Crippen molar-refractivity contribution in [3.05, 3.63) is 145 Å². The molecule has 0 bridgehead atoms. The first-order chi connectivity index (χ1) is 19.1. The molecule has 6 aromatic carbocycles. The summed E-state index contributed by atoms with van der Waals surface area (Å²) in [5.74, 6) is -0.289. The summed E-state index contributed by atoms with van der Waals surface area (Å²) in [4.78, 5) is 5.13. The van der Waals surface area contributed by atoms with E-state index in [-0.39, 0.29) is 5.82 Å². The van der Waals surface area contributed by atoms with Gasteiger partial charge in [0.05, 0.1) is 11.2 Å². The molecule has 1 aromatic heterocycles. The summed E-state index contributed by atoms with van der Waals surface area (Å²) < 4.78 is 28.9. The summed E-state index contributed by atoms with van der Waals surface area (Å²) in [5, 5.41) is 7.60. The molecule has 0 spiro atoms. The highest BCUT2D eigenvalue weighted by molar-refractivity contribution is 7.85. The second-order valence-electron chi connectivity index (χ2n) is 9.66. The molecule has 7 aromatic rings. The summed E-state index contributed by atoms with van der Waals surface area (Å²) in [6.07, 6.45) is 0. The molecular weight excluding hydrogens is 500 g/mol. The fourth-order valence-electron chi connectivity index (χ4n) is 5.51. The number of nitrogens with zero attached hydrogens (tertiary/aromatic N) is 1. The number of benzene rings is 6. The maximum Gasteiger partial charge on any atom is 0.171 e. The predicted molar refractivity (Wildman–Crippen MR) is 162 cm³/mol. The average molecular weight is 524 g/mol. The number of hydrogen-bond acceptors (Lipinski definition) is 2. The molecule has 4 heteroatoms. The van der Waals surface area contributed by atoms with Crippen LogP contribution in [-0.4, -0.2) is 4.98 Å². The Labute approximate surface area is 225 Å². The van der Waals surface area contributed by atoms with Gasteiger partial charge in [-0.15, -0.1) is 0 Å². The zero-order valence-corrected chi connectivity index (χ0v) is 21.9. The van der Waals surface area contributed by atoms with Crippen molar-refractivity contribution in [1.29, 1.82) is 0 Å². The first-order valence-corrected chi connectivity index (χ1v) is 14.6. The first-order valence-electron chi connectivity index (χ1n) is 12.9. The van der Waals surface area contributed by atoms with Crippen molar-refractivity contribution >= 4 is 55.5 Å². The van der Waals surface area contributed by atoms with Gasteiger partial charge in [0.2, 0.25) is 0 Å². The Balaban J connectivity index is 1.58. The summed E-state index contributed by atoms with van der Waals surface area (Å²) in [5.41, 5.74) is 2.36. The van der Waals surface area contributed by atoms with Gasteiger partial charge in [-0.3, -0.25) is 0 Å². The van der Waals surface area contributed by atoms with Crippen LogP contribution in [0.15, 0.2) is 140 Å². The molecule has 0 atom stereocenters. The molecule has 0 N–H and O–H groups in total. The highest BCUT2D eigenvalue weighted by Crippen LogP contribution is 2.44. The van der Waals surface area contributed by atoms with E-state index in [0.717, 1.165) is 59.6 Å². The number of hydrogen-bond donors (Lipinski definition) is 0. The van der Waals surface area contributed by atoms with Gasteiger partial charge in [-0.2, -0.15) is 0 Å². The van der Waals surface area contributed by atoms with Gasteiger partial charge in [0, 0.05) is 37.6 Å². The van der Waals surface area contributed by atoms with E-state index in [1.54, 1.807) is 12.1 Å². The molecular formula is C35H23FNOP. The molecule has 0 amide bonds. The summed E-state index contributed by atoms with van der Waals surface area (Å²) in [6.45, 7) is 0. The molecule has 0 fully saturated rings. The smallest absolute Gasteiger partial charge is 0.171 e. The van der Waals surface area contributed by atoms with Gasteiger partial charge < -0.3 is 4.57 Å². The quantitative estimate of drug-likeness (QED) is 0.173. The van der Waals surface area contributed by atoms with Crippen molar-refractivity contribution in [2.45, 2.75) is 0 Å². The van der Waals surface area contributed by atoms with E-state index >= 15 is 4.57 Å². The number of pyridine rings is 1. The number of rotatable bonds is 4. The van der Waals surface area contributed by atoms with Crippen molar-refractivity contribution in [1.82, 2.24) is 4.98 Å². The first kappa shape index (κ1) is 23.5. The largest absolute Gasteiger partial charge is 0.309 e. The van der Waals surface area contributed by atoms with Crippen LogP contribution in [0.4, 0.5) is 4.39 Å². The molecule has 0 unspecified atom stereocenters.